The first-order valence-electron chi connectivity index (χ1n) is 7.89. The fourth-order valence-corrected chi connectivity index (χ4v) is 2.68. The van der Waals surface area contributed by atoms with Gasteiger partial charge >= 0.3 is 12.0 Å². The summed E-state index contributed by atoms with van der Waals surface area (Å²) in [5.41, 5.74) is 1.16. The van der Waals surface area contributed by atoms with Gasteiger partial charge in [-0.2, -0.15) is 0 Å². The lowest BCUT2D eigenvalue weighted by molar-refractivity contribution is -0.141. The summed E-state index contributed by atoms with van der Waals surface area (Å²) in [5, 5.41) is 11.7. The molecule has 0 spiro atoms. The fraction of sp³-hybridized carbons (Fsp3) is 0.529. The summed E-state index contributed by atoms with van der Waals surface area (Å²) in [5.74, 6) is -1.49. The summed E-state index contributed by atoms with van der Waals surface area (Å²) in [4.78, 5) is 24.2. The molecule has 126 valence electrons. The van der Waals surface area contributed by atoms with Crippen molar-refractivity contribution in [3.8, 4) is 0 Å². The topological polar surface area (TPSA) is 78.9 Å². The highest BCUT2D eigenvalue weighted by Crippen LogP contribution is 2.32. The highest BCUT2D eigenvalue weighted by molar-refractivity contribution is 5.75. The van der Waals surface area contributed by atoms with Gasteiger partial charge in [0.05, 0.1) is 18.1 Å². The van der Waals surface area contributed by atoms with Crippen LogP contribution in [0.15, 0.2) is 30.3 Å². The molecule has 3 atom stereocenters. The van der Waals surface area contributed by atoms with Crippen molar-refractivity contribution in [2.75, 3.05) is 20.1 Å². The molecule has 0 aliphatic carbocycles. The van der Waals surface area contributed by atoms with Crippen LogP contribution in [0.2, 0.25) is 0 Å². The van der Waals surface area contributed by atoms with Gasteiger partial charge in [0, 0.05) is 20.1 Å². The zero-order chi connectivity index (χ0) is 16.8. The Labute approximate surface area is 136 Å². The van der Waals surface area contributed by atoms with Crippen molar-refractivity contribution < 1.29 is 19.4 Å². The second-order valence-corrected chi connectivity index (χ2v) is 6.04. The van der Waals surface area contributed by atoms with Crippen molar-refractivity contribution in [3.63, 3.8) is 0 Å². The predicted octanol–water partition coefficient (Wildman–Crippen LogP) is 2.27. The van der Waals surface area contributed by atoms with Gasteiger partial charge in [-0.3, -0.25) is 4.79 Å². The quantitative estimate of drug-likeness (QED) is 0.843. The standard InChI is InChI=1S/C17H24N2O4/c1-12(16(20)21)11-19(2)17(22)18-10-14-8-9-15(23-14)13-6-4-3-5-7-13/h3-7,12,14-15H,8-11H2,1-2H3,(H,18,22)(H,20,21)/t12?,14-,15+/m1/s1. The van der Waals surface area contributed by atoms with E-state index in [1.165, 1.54) is 4.90 Å². The largest absolute Gasteiger partial charge is 0.481 e. The molecule has 1 aliphatic rings. The Bertz CT molecular complexity index is 535. The van der Waals surface area contributed by atoms with Crippen LogP contribution in [0, 0.1) is 5.92 Å². The number of amides is 2. The van der Waals surface area contributed by atoms with Crippen molar-refractivity contribution in [2.24, 2.45) is 5.92 Å². The van der Waals surface area contributed by atoms with E-state index in [4.69, 9.17) is 9.84 Å². The molecular formula is C17H24N2O4. The first kappa shape index (κ1) is 17.3. The lowest BCUT2D eigenvalue weighted by atomic mass is 10.1. The van der Waals surface area contributed by atoms with Gasteiger partial charge < -0.3 is 20.1 Å². The average molecular weight is 320 g/mol. The zero-order valence-corrected chi connectivity index (χ0v) is 13.6. The van der Waals surface area contributed by atoms with Gasteiger partial charge in [-0.05, 0) is 18.4 Å². The third kappa shape index (κ3) is 4.96. The van der Waals surface area contributed by atoms with Gasteiger partial charge in [0.25, 0.3) is 0 Å². The van der Waals surface area contributed by atoms with Crippen LogP contribution in [0.4, 0.5) is 4.79 Å². The summed E-state index contributed by atoms with van der Waals surface area (Å²) in [6, 6.07) is 9.78. The molecule has 6 heteroatoms. The van der Waals surface area contributed by atoms with E-state index in [1.807, 2.05) is 30.3 Å². The smallest absolute Gasteiger partial charge is 0.317 e. The van der Waals surface area contributed by atoms with E-state index in [2.05, 4.69) is 5.32 Å². The molecule has 1 aliphatic heterocycles. The molecule has 1 unspecified atom stereocenters. The van der Waals surface area contributed by atoms with Crippen LogP contribution in [0.3, 0.4) is 0 Å². The van der Waals surface area contributed by atoms with Crippen molar-refractivity contribution in [1.82, 2.24) is 10.2 Å². The lowest BCUT2D eigenvalue weighted by Crippen LogP contribution is -2.43. The number of nitrogens with zero attached hydrogens (tertiary/aromatic N) is 1. The van der Waals surface area contributed by atoms with E-state index in [9.17, 15) is 9.59 Å². The zero-order valence-electron chi connectivity index (χ0n) is 13.6. The first-order chi connectivity index (χ1) is 11.0. The summed E-state index contributed by atoms with van der Waals surface area (Å²) in [7, 11) is 1.59. The molecule has 0 bridgehead atoms. The average Bonchev–Trinajstić information content (AvgIpc) is 3.02. The van der Waals surface area contributed by atoms with E-state index in [1.54, 1.807) is 14.0 Å². The van der Waals surface area contributed by atoms with E-state index in [-0.39, 0.29) is 24.8 Å². The number of carbonyl (C=O) groups is 2. The van der Waals surface area contributed by atoms with Crippen LogP contribution < -0.4 is 5.32 Å². The van der Waals surface area contributed by atoms with E-state index in [0.717, 1.165) is 18.4 Å². The van der Waals surface area contributed by atoms with Crippen LogP contribution >= 0.6 is 0 Å². The summed E-state index contributed by atoms with van der Waals surface area (Å²) < 4.78 is 5.97. The van der Waals surface area contributed by atoms with Gasteiger partial charge in [0.1, 0.15) is 0 Å². The normalized spacial score (nSPS) is 21.7. The van der Waals surface area contributed by atoms with Gasteiger partial charge in [0.15, 0.2) is 0 Å². The fourth-order valence-electron chi connectivity index (χ4n) is 2.68. The van der Waals surface area contributed by atoms with Crippen LogP contribution in [0.1, 0.15) is 31.4 Å². The number of carboxylic acid groups (broad SMARTS) is 1. The maximum atomic E-state index is 12.0. The SMILES string of the molecule is CC(CN(C)C(=O)NC[C@H]1CC[C@@H](c2ccccc2)O1)C(=O)O. The molecular weight excluding hydrogens is 296 g/mol. The molecule has 1 aromatic carbocycles. The van der Waals surface area contributed by atoms with Gasteiger partial charge in [-0.1, -0.05) is 37.3 Å². The third-order valence-electron chi connectivity index (χ3n) is 4.08. The Kier molecular flexibility index (Phi) is 5.98. The van der Waals surface area contributed by atoms with Gasteiger partial charge in [-0.15, -0.1) is 0 Å². The Morgan fingerprint density at radius 3 is 2.70 bits per heavy atom. The number of hydrogen-bond donors (Lipinski definition) is 2. The van der Waals surface area contributed by atoms with Gasteiger partial charge in [0.2, 0.25) is 0 Å². The van der Waals surface area contributed by atoms with Gasteiger partial charge in [-0.25, -0.2) is 4.79 Å². The van der Waals surface area contributed by atoms with E-state index >= 15 is 0 Å². The molecule has 0 saturated carbocycles. The second kappa shape index (κ2) is 7.97. The third-order valence-corrected chi connectivity index (χ3v) is 4.08. The highest BCUT2D eigenvalue weighted by atomic mass is 16.5. The molecule has 1 heterocycles. The Morgan fingerprint density at radius 2 is 2.04 bits per heavy atom. The number of urea groups is 1. The lowest BCUT2D eigenvalue weighted by Gasteiger charge is -2.21. The summed E-state index contributed by atoms with van der Waals surface area (Å²) in [6.45, 7) is 2.20. The molecule has 23 heavy (non-hydrogen) atoms. The second-order valence-electron chi connectivity index (χ2n) is 6.04. The number of nitrogens with one attached hydrogen (secondary N) is 1. The molecule has 1 saturated heterocycles. The Morgan fingerprint density at radius 1 is 1.35 bits per heavy atom. The minimum atomic E-state index is -0.908. The molecule has 2 N–H and O–H groups in total. The summed E-state index contributed by atoms with van der Waals surface area (Å²) >= 11 is 0. The molecule has 0 radical (unpaired) electrons. The predicted molar refractivity (Wildman–Crippen MR) is 86.1 cm³/mol. The molecule has 2 amide bonds. The van der Waals surface area contributed by atoms with Crippen molar-refractivity contribution in [2.45, 2.75) is 32.0 Å². The van der Waals surface area contributed by atoms with Crippen LogP contribution in [-0.4, -0.2) is 48.2 Å². The van der Waals surface area contributed by atoms with Crippen molar-refractivity contribution >= 4 is 12.0 Å². The minimum Gasteiger partial charge on any atom is -0.481 e. The first-order valence-corrected chi connectivity index (χ1v) is 7.89. The molecule has 1 fully saturated rings. The maximum absolute atomic E-state index is 12.0. The number of hydrogen-bond acceptors (Lipinski definition) is 3. The van der Waals surface area contributed by atoms with E-state index in [0.29, 0.717) is 6.54 Å². The number of benzene rings is 1. The minimum absolute atomic E-state index is 0.00514. The molecule has 1 aromatic rings. The Hall–Kier alpha value is -2.08. The number of carboxylic acids is 1. The van der Waals surface area contributed by atoms with Crippen LogP contribution in [-0.2, 0) is 9.53 Å². The monoisotopic (exact) mass is 320 g/mol. The number of carbonyl (C=O) groups excluding carboxylic acids is 1. The number of rotatable bonds is 6. The number of ether oxygens (including phenoxy) is 1. The highest BCUT2D eigenvalue weighted by Gasteiger charge is 2.27. The maximum Gasteiger partial charge on any atom is 0.317 e. The summed E-state index contributed by atoms with van der Waals surface area (Å²) in [6.07, 6.45) is 1.92. The van der Waals surface area contributed by atoms with Crippen molar-refractivity contribution in [3.05, 3.63) is 35.9 Å². The molecule has 6 nitrogen and oxygen atoms in total. The molecule has 0 aromatic heterocycles. The van der Waals surface area contributed by atoms with E-state index < -0.39 is 11.9 Å². The molecule has 2 rings (SSSR count). The van der Waals surface area contributed by atoms with Crippen molar-refractivity contribution in [1.29, 1.82) is 0 Å². The van der Waals surface area contributed by atoms with Crippen LogP contribution in [0.25, 0.3) is 0 Å². The van der Waals surface area contributed by atoms with Crippen LogP contribution in [0.5, 0.6) is 0 Å². The number of aliphatic carboxylic acids is 1. The Balaban J connectivity index is 1.74.